The predicted molar refractivity (Wildman–Crippen MR) is 71.8 cm³/mol. The molecule has 0 radical (unpaired) electrons. The molecule has 0 spiro atoms. The molecule has 0 heterocycles. The first kappa shape index (κ1) is 13.9. The highest BCUT2D eigenvalue weighted by Gasteiger charge is 2.28. The molecule has 0 aromatic carbocycles. The Balaban J connectivity index is 1.79. The third kappa shape index (κ3) is 3.49. The average Bonchev–Trinajstić information content (AvgIpc) is 2.76. The fourth-order valence-electron chi connectivity index (χ4n) is 2.58. The van der Waals surface area contributed by atoms with Gasteiger partial charge in [0.05, 0.1) is 12.0 Å². The number of amides is 2. The summed E-state index contributed by atoms with van der Waals surface area (Å²) in [6.45, 7) is 3.49. The van der Waals surface area contributed by atoms with Crippen LogP contribution in [0.25, 0.3) is 0 Å². The number of carboxylic acid groups (broad SMARTS) is 1. The SMILES string of the molecule is CCN(CC1CCC1)C(=O)NC1C=CC(C(=O)O)C1. The Morgan fingerprint density at radius 1 is 1.37 bits per heavy atom. The second-order valence-corrected chi connectivity index (χ2v) is 5.46. The van der Waals surface area contributed by atoms with Gasteiger partial charge in [-0.25, -0.2) is 4.79 Å². The van der Waals surface area contributed by atoms with Gasteiger partial charge in [0.15, 0.2) is 0 Å². The zero-order chi connectivity index (χ0) is 13.8. The van der Waals surface area contributed by atoms with Gasteiger partial charge in [-0.15, -0.1) is 0 Å². The van der Waals surface area contributed by atoms with Crippen molar-refractivity contribution in [3.05, 3.63) is 12.2 Å². The molecule has 2 atom stereocenters. The van der Waals surface area contributed by atoms with Crippen LogP contribution < -0.4 is 5.32 Å². The van der Waals surface area contributed by atoms with E-state index in [9.17, 15) is 9.59 Å². The van der Waals surface area contributed by atoms with Crippen LogP contribution in [0.4, 0.5) is 4.79 Å². The molecule has 1 fully saturated rings. The van der Waals surface area contributed by atoms with Crippen molar-refractivity contribution in [1.82, 2.24) is 10.2 Å². The van der Waals surface area contributed by atoms with Crippen LogP contribution in [-0.2, 0) is 4.79 Å². The first-order valence-electron chi connectivity index (χ1n) is 7.06. The minimum absolute atomic E-state index is 0.0740. The van der Waals surface area contributed by atoms with Crippen LogP contribution in [0.3, 0.4) is 0 Å². The number of rotatable bonds is 5. The molecule has 5 heteroatoms. The highest BCUT2D eigenvalue weighted by Crippen LogP contribution is 2.27. The Morgan fingerprint density at radius 2 is 2.11 bits per heavy atom. The van der Waals surface area contributed by atoms with E-state index in [0.29, 0.717) is 18.9 Å². The molecule has 5 nitrogen and oxygen atoms in total. The highest BCUT2D eigenvalue weighted by molar-refractivity contribution is 5.76. The van der Waals surface area contributed by atoms with Crippen molar-refractivity contribution < 1.29 is 14.7 Å². The molecular formula is C14H22N2O3. The zero-order valence-electron chi connectivity index (χ0n) is 11.3. The van der Waals surface area contributed by atoms with Crippen molar-refractivity contribution in [1.29, 1.82) is 0 Å². The van der Waals surface area contributed by atoms with Crippen LogP contribution in [0.15, 0.2) is 12.2 Å². The van der Waals surface area contributed by atoms with Crippen LogP contribution >= 0.6 is 0 Å². The maximum Gasteiger partial charge on any atom is 0.317 e. The molecule has 0 aromatic heterocycles. The number of nitrogens with one attached hydrogen (secondary N) is 1. The van der Waals surface area contributed by atoms with E-state index >= 15 is 0 Å². The van der Waals surface area contributed by atoms with E-state index < -0.39 is 11.9 Å². The van der Waals surface area contributed by atoms with Gasteiger partial charge in [0.2, 0.25) is 0 Å². The summed E-state index contributed by atoms with van der Waals surface area (Å²) in [5.41, 5.74) is 0. The molecule has 2 N–H and O–H groups in total. The summed E-state index contributed by atoms with van der Waals surface area (Å²) in [5, 5.41) is 11.8. The van der Waals surface area contributed by atoms with Gasteiger partial charge < -0.3 is 15.3 Å². The molecule has 19 heavy (non-hydrogen) atoms. The van der Waals surface area contributed by atoms with E-state index in [-0.39, 0.29) is 12.1 Å². The number of carbonyl (C=O) groups excluding carboxylic acids is 1. The minimum atomic E-state index is -0.824. The van der Waals surface area contributed by atoms with E-state index in [1.165, 1.54) is 19.3 Å². The Labute approximate surface area is 113 Å². The number of carboxylic acids is 1. The number of nitrogens with zero attached hydrogens (tertiary/aromatic N) is 1. The first-order valence-corrected chi connectivity index (χ1v) is 7.06. The summed E-state index contributed by atoms with van der Waals surface area (Å²) in [6.07, 6.45) is 7.61. The molecule has 0 aromatic rings. The van der Waals surface area contributed by atoms with E-state index in [0.717, 1.165) is 6.54 Å². The third-order valence-electron chi connectivity index (χ3n) is 4.08. The lowest BCUT2D eigenvalue weighted by Gasteiger charge is -2.32. The van der Waals surface area contributed by atoms with Gasteiger partial charge in [-0.1, -0.05) is 18.6 Å². The van der Waals surface area contributed by atoms with E-state index in [1.807, 2.05) is 11.8 Å². The fraction of sp³-hybridized carbons (Fsp3) is 0.714. The Hall–Kier alpha value is -1.52. The monoisotopic (exact) mass is 266 g/mol. The molecule has 106 valence electrons. The van der Waals surface area contributed by atoms with Crippen molar-refractivity contribution in [2.24, 2.45) is 11.8 Å². The topological polar surface area (TPSA) is 69.6 Å². The number of hydrogen-bond acceptors (Lipinski definition) is 2. The van der Waals surface area contributed by atoms with Crippen molar-refractivity contribution in [3.63, 3.8) is 0 Å². The zero-order valence-corrected chi connectivity index (χ0v) is 11.3. The van der Waals surface area contributed by atoms with Crippen LogP contribution in [0.1, 0.15) is 32.6 Å². The van der Waals surface area contributed by atoms with Crippen LogP contribution in [-0.4, -0.2) is 41.1 Å². The van der Waals surface area contributed by atoms with E-state index in [1.54, 1.807) is 12.2 Å². The maximum atomic E-state index is 12.1. The molecule has 0 saturated heterocycles. The summed E-state index contributed by atoms with van der Waals surface area (Å²) in [6, 6.07) is -0.223. The number of hydrogen-bond donors (Lipinski definition) is 2. The molecular weight excluding hydrogens is 244 g/mol. The molecule has 1 saturated carbocycles. The highest BCUT2D eigenvalue weighted by atomic mass is 16.4. The van der Waals surface area contributed by atoms with Gasteiger partial charge in [-0.05, 0) is 32.1 Å². The van der Waals surface area contributed by atoms with Crippen LogP contribution in [0, 0.1) is 11.8 Å². The van der Waals surface area contributed by atoms with Gasteiger partial charge in [0, 0.05) is 13.1 Å². The summed E-state index contributed by atoms with van der Waals surface area (Å²) in [4.78, 5) is 24.8. The van der Waals surface area contributed by atoms with E-state index in [4.69, 9.17) is 5.11 Å². The smallest absolute Gasteiger partial charge is 0.317 e. The van der Waals surface area contributed by atoms with Crippen LogP contribution in [0.2, 0.25) is 0 Å². The maximum absolute atomic E-state index is 12.1. The largest absolute Gasteiger partial charge is 0.481 e. The van der Waals surface area contributed by atoms with Crippen molar-refractivity contribution in [2.45, 2.75) is 38.6 Å². The molecule has 0 bridgehead atoms. The fourth-order valence-corrected chi connectivity index (χ4v) is 2.58. The van der Waals surface area contributed by atoms with Crippen LogP contribution in [0.5, 0.6) is 0 Å². The summed E-state index contributed by atoms with van der Waals surface area (Å²) < 4.78 is 0. The minimum Gasteiger partial charge on any atom is -0.481 e. The second-order valence-electron chi connectivity index (χ2n) is 5.46. The van der Waals surface area contributed by atoms with Gasteiger partial charge in [0.25, 0.3) is 0 Å². The Morgan fingerprint density at radius 3 is 2.58 bits per heavy atom. The van der Waals surface area contributed by atoms with Gasteiger partial charge in [0.1, 0.15) is 0 Å². The molecule has 2 aliphatic rings. The van der Waals surface area contributed by atoms with Gasteiger partial charge >= 0.3 is 12.0 Å². The standard InChI is InChI=1S/C14H22N2O3/c1-2-16(9-10-4-3-5-10)14(19)15-12-7-6-11(8-12)13(17)18/h6-7,10-12H,2-5,8-9H2,1H3,(H,15,19)(H,17,18). The lowest BCUT2D eigenvalue weighted by atomic mass is 9.85. The quantitative estimate of drug-likeness (QED) is 0.746. The number of urea groups is 1. The summed E-state index contributed by atoms with van der Waals surface area (Å²) in [5.74, 6) is -0.640. The summed E-state index contributed by atoms with van der Waals surface area (Å²) in [7, 11) is 0. The van der Waals surface area contributed by atoms with Crippen molar-refractivity contribution in [2.75, 3.05) is 13.1 Å². The number of aliphatic carboxylic acids is 1. The lowest BCUT2D eigenvalue weighted by molar-refractivity contribution is -0.140. The third-order valence-corrected chi connectivity index (χ3v) is 4.08. The normalized spacial score (nSPS) is 25.9. The average molecular weight is 266 g/mol. The van der Waals surface area contributed by atoms with Crippen molar-refractivity contribution in [3.8, 4) is 0 Å². The molecule has 2 amide bonds. The van der Waals surface area contributed by atoms with E-state index in [2.05, 4.69) is 5.32 Å². The molecule has 0 aliphatic heterocycles. The lowest BCUT2D eigenvalue weighted by Crippen LogP contribution is -2.46. The Kier molecular flexibility index (Phi) is 4.45. The molecule has 2 unspecified atom stereocenters. The molecule has 2 rings (SSSR count). The Bertz CT molecular complexity index is 377. The molecule has 2 aliphatic carbocycles. The predicted octanol–water partition coefficient (Wildman–Crippen LogP) is 1.85. The second kappa shape index (κ2) is 6.08. The first-order chi connectivity index (χ1) is 9.10. The van der Waals surface area contributed by atoms with Gasteiger partial charge in [-0.2, -0.15) is 0 Å². The number of carbonyl (C=O) groups is 2. The van der Waals surface area contributed by atoms with Gasteiger partial charge in [-0.3, -0.25) is 4.79 Å². The summed E-state index contributed by atoms with van der Waals surface area (Å²) >= 11 is 0. The van der Waals surface area contributed by atoms with Crippen molar-refractivity contribution >= 4 is 12.0 Å².